The molecule has 0 aliphatic carbocycles. The number of rotatable bonds is 6. The SMILES string of the molecule is O=C1CCCN1CCc1ccc(S(=O)(=O)Nc2ncccn2)cc1. The standard InChI is InChI=1S/C16H18N4O3S/c21-15-3-1-11-20(15)12-8-13-4-6-14(7-5-13)24(22,23)19-16-17-9-2-10-18-16/h2,4-7,9-10H,1,3,8,11-12H2,(H,17,18,19). The minimum Gasteiger partial charge on any atom is -0.342 e. The number of amides is 1. The average Bonchev–Trinajstić information content (AvgIpc) is 2.99. The number of carbonyl (C=O) groups excluding carboxylic acids is 1. The zero-order valence-corrected chi connectivity index (χ0v) is 13.9. The van der Waals surface area contributed by atoms with Gasteiger partial charge in [-0.15, -0.1) is 0 Å². The molecule has 1 aromatic carbocycles. The van der Waals surface area contributed by atoms with Crippen molar-refractivity contribution < 1.29 is 13.2 Å². The Morgan fingerprint density at radius 3 is 2.46 bits per heavy atom. The van der Waals surface area contributed by atoms with Gasteiger partial charge in [0, 0.05) is 31.9 Å². The van der Waals surface area contributed by atoms with Gasteiger partial charge in [0.15, 0.2) is 0 Å². The molecule has 0 bridgehead atoms. The number of anilines is 1. The largest absolute Gasteiger partial charge is 0.342 e. The van der Waals surface area contributed by atoms with Crippen molar-refractivity contribution in [3.05, 3.63) is 48.3 Å². The summed E-state index contributed by atoms with van der Waals surface area (Å²) < 4.78 is 26.9. The first kappa shape index (κ1) is 16.4. The highest BCUT2D eigenvalue weighted by molar-refractivity contribution is 7.92. The molecule has 1 N–H and O–H groups in total. The van der Waals surface area contributed by atoms with E-state index < -0.39 is 10.0 Å². The summed E-state index contributed by atoms with van der Waals surface area (Å²) >= 11 is 0. The third-order valence-electron chi connectivity index (χ3n) is 3.87. The highest BCUT2D eigenvalue weighted by Gasteiger charge is 2.19. The molecule has 1 aromatic heterocycles. The predicted molar refractivity (Wildman–Crippen MR) is 88.8 cm³/mol. The Hall–Kier alpha value is -2.48. The molecule has 3 rings (SSSR count). The minimum atomic E-state index is -3.71. The second-order valence-electron chi connectivity index (χ2n) is 5.56. The van der Waals surface area contributed by atoms with Crippen LogP contribution in [0.15, 0.2) is 47.6 Å². The molecule has 24 heavy (non-hydrogen) atoms. The van der Waals surface area contributed by atoms with Gasteiger partial charge in [-0.05, 0) is 36.6 Å². The van der Waals surface area contributed by atoms with Crippen LogP contribution >= 0.6 is 0 Å². The van der Waals surface area contributed by atoms with E-state index in [9.17, 15) is 13.2 Å². The Kier molecular flexibility index (Phi) is 4.75. The normalized spacial score (nSPS) is 14.8. The van der Waals surface area contributed by atoms with E-state index in [1.165, 1.54) is 12.4 Å². The van der Waals surface area contributed by atoms with E-state index in [1.54, 1.807) is 30.3 Å². The molecule has 126 valence electrons. The van der Waals surface area contributed by atoms with Crippen LogP contribution in [0.4, 0.5) is 5.95 Å². The average molecular weight is 346 g/mol. The van der Waals surface area contributed by atoms with Gasteiger partial charge in [0.2, 0.25) is 11.9 Å². The number of carbonyl (C=O) groups is 1. The summed E-state index contributed by atoms with van der Waals surface area (Å²) in [5.41, 5.74) is 0.990. The van der Waals surface area contributed by atoms with Crippen molar-refractivity contribution in [2.24, 2.45) is 0 Å². The lowest BCUT2D eigenvalue weighted by molar-refractivity contribution is -0.127. The lowest BCUT2D eigenvalue weighted by atomic mass is 10.1. The molecule has 0 spiro atoms. The van der Waals surface area contributed by atoms with Gasteiger partial charge in [-0.1, -0.05) is 12.1 Å². The van der Waals surface area contributed by atoms with Crippen LogP contribution in [0.2, 0.25) is 0 Å². The van der Waals surface area contributed by atoms with Crippen LogP contribution in [0.3, 0.4) is 0 Å². The van der Waals surface area contributed by atoms with E-state index in [-0.39, 0.29) is 16.8 Å². The number of hydrogen-bond acceptors (Lipinski definition) is 5. The van der Waals surface area contributed by atoms with Crippen LogP contribution in [0.25, 0.3) is 0 Å². The fraction of sp³-hybridized carbons (Fsp3) is 0.312. The number of nitrogens with zero attached hydrogens (tertiary/aromatic N) is 3. The maximum Gasteiger partial charge on any atom is 0.264 e. The molecule has 7 nitrogen and oxygen atoms in total. The number of hydrogen-bond donors (Lipinski definition) is 1. The van der Waals surface area contributed by atoms with Crippen LogP contribution < -0.4 is 4.72 Å². The van der Waals surface area contributed by atoms with Crippen molar-refractivity contribution in [3.63, 3.8) is 0 Å². The van der Waals surface area contributed by atoms with Gasteiger partial charge in [-0.25, -0.2) is 23.1 Å². The summed E-state index contributed by atoms with van der Waals surface area (Å²) in [6.07, 6.45) is 5.19. The Labute approximate surface area is 140 Å². The highest BCUT2D eigenvalue weighted by atomic mass is 32.2. The molecule has 1 saturated heterocycles. The van der Waals surface area contributed by atoms with E-state index in [2.05, 4.69) is 14.7 Å². The number of likely N-dealkylation sites (tertiary alicyclic amines) is 1. The molecule has 1 amide bonds. The maximum absolute atomic E-state index is 12.3. The van der Waals surface area contributed by atoms with Crippen molar-refractivity contribution in [1.82, 2.24) is 14.9 Å². The maximum atomic E-state index is 12.3. The van der Waals surface area contributed by atoms with Crippen LogP contribution in [0.1, 0.15) is 18.4 Å². The van der Waals surface area contributed by atoms with Crippen LogP contribution in [-0.4, -0.2) is 42.3 Å². The van der Waals surface area contributed by atoms with Gasteiger partial charge in [-0.2, -0.15) is 0 Å². The van der Waals surface area contributed by atoms with Crippen LogP contribution in [-0.2, 0) is 21.2 Å². The van der Waals surface area contributed by atoms with E-state index >= 15 is 0 Å². The summed E-state index contributed by atoms with van der Waals surface area (Å²) in [5.74, 6) is 0.232. The molecule has 1 aliphatic rings. The Morgan fingerprint density at radius 1 is 1.12 bits per heavy atom. The van der Waals surface area contributed by atoms with Gasteiger partial charge in [0.05, 0.1) is 4.90 Å². The topological polar surface area (TPSA) is 92.3 Å². The van der Waals surface area contributed by atoms with E-state index in [1.807, 2.05) is 4.90 Å². The van der Waals surface area contributed by atoms with E-state index in [0.29, 0.717) is 19.4 Å². The van der Waals surface area contributed by atoms with Crippen LogP contribution in [0, 0.1) is 0 Å². The van der Waals surface area contributed by atoms with Gasteiger partial charge >= 0.3 is 0 Å². The molecular weight excluding hydrogens is 328 g/mol. The van der Waals surface area contributed by atoms with Crippen molar-refractivity contribution in [2.75, 3.05) is 17.8 Å². The first-order chi connectivity index (χ1) is 11.5. The van der Waals surface area contributed by atoms with Crippen molar-refractivity contribution >= 4 is 21.9 Å². The van der Waals surface area contributed by atoms with Crippen LogP contribution in [0.5, 0.6) is 0 Å². The predicted octanol–water partition coefficient (Wildman–Crippen LogP) is 1.44. The second-order valence-corrected chi connectivity index (χ2v) is 7.24. The molecule has 0 saturated carbocycles. The lowest BCUT2D eigenvalue weighted by Gasteiger charge is -2.15. The smallest absolute Gasteiger partial charge is 0.264 e. The van der Waals surface area contributed by atoms with Crippen molar-refractivity contribution in [1.29, 1.82) is 0 Å². The molecule has 8 heteroatoms. The third kappa shape index (κ3) is 3.88. The van der Waals surface area contributed by atoms with Gasteiger partial charge < -0.3 is 4.90 Å². The summed E-state index contributed by atoms with van der Waals surface area (Å²) in [6, 6.07) is 8.23. The molecule has 1 fully saturated rings. The molecule has 1 aliphatic heterocycles. The number of sulfonamides is 1. The lowest BCUT2D eigenvalue weighted by Crippen LogP contribution is -2.26. The van der Waals surface area contributed by atoms with Gasteiger partial charge in [0.1, 0.15) is 0 Å². The summed E-state index contributed by atoms with van der Waals surface area (Å²) in [7, 11) is -3.71. The molecular formula is C16H18N4O3S. The number of benzene rings is 1. The molecule has 0 radical (unpaired) electrons. The Morgan fingerprint density at radius 2 is 1.83 bits per heavy atom. The zero-order chi connectivity index (χ0) is 17.0. The van der Waals surface area contributed by atoms with Crippen molar-refractivity contribution in [3.8, 4) is 0 Å². The fourth-order valence-corrected chi connectivity index (χ4v) is 3.53. The minimum absolute atomic E-state index is 0.0362. The van der Waals surface area contributed by atoms with Crippen molar-refractivity contribution in [2.45, 2.75) is 24.2 Å². The van der Waals surface area contributed by atoms with Gasteiger partial charge in [0.25, 0.3) is 10.0 Å². The first-order valence-corrected chi connectivity index (χ1v) is 9.19. The Bertz CT molecular complexity index is 807. The quantitative estimate of drug-likeness (QED) is 0.854. The summed E-state index contributed by atoms with van der Waals surface area (Å²) in [4.78, 5) is 21.3. The molecule has 2 aromatic rings. The fourth-order valence-electron chi connectivity index (χ4n) is 2.57. The summed E-state index contributed by atoms with van der Waals surface area (Å²) in [5, 5.41) is 0. The second kappa shape index (κ2) is 6.96. The van der Waals surface area contributed by atoms with Gasteiger partial charge in [-0.3, -0.25) is 4.79 Å². The molecule has 2 heterocycles. The van der Waals surface area contributed by atoms with E-state index in [0.717, 1.165) is 18.5 Å². The van der Waals surface area contributed by atoms with E-state index in [4.69, 9.17) is 0 Å². The number of nitrogens with one attached hydrogen (secondary N) is 1. The zero-order valence-electron chi connectivity index (χ0n) is 13.1. The molecule has 0 unspecified atom stereocenters. The highest BCUT2D eigenvalue weighted by Crippen LogP contribution is 2.15. The molecule has 0 atom stereocenters. The number of aromatic nitrogens is 2. The monoisotopic (exact) mass is 346 g/mol. The first-order valence-electron chi connectivity index (χ1n) is 7.71. The summed E-state index contributed by atoms with van der Waals surface area (Å²) in [6.45, 7) is 1.48. The Balaban J connectivity index is 1.64. The third-order valence-corrected chi connectivity index (χ3v) is 5.21.